The van der Waals surface area contributed by atoms with E-state index in [0.717, 1.165) is 10.3 Å². The Morgan fingerprint density at radius 3 is 2.88 bits per heavy atom. The summed E-state index contributed by atoms with van der Waals surface area (Å²) in [7, 11) is 0. The molecule has 1 aromatic rings. The first-order valence-electron chi connectivity index (χ1n) is 5.01. The lowest BCUT2D eigenvalue weighted by atomic mass is 9.98. The molecule has 88 valence electrons. The number of nitrogens with one attached hydrogen (secondary N) is 1. The van der Waals surface area contributed by atoms with Crippen LogP contribution in [0.5, 0.6) is 0 Å². The van der Waals surface area contributed by atoms with Gasteiger partial charge in [-0.25, -0.2) is 4.98 Å². The second-order valence-electron chi connectivity index (χ2n) is 4.24. The highest BCUT2D eigenvalue weighted by Crippen LogP contribution is 2.24. The molecule has 0 aliphatic heterocycles. The van der Waals surface area contributed by atoms with Gasteiger partial charge in [-0.3, -0.25) is 4.79 Å². The van der Waals surface area contributed by atoms with Crippen LogP contribution in [0.2, 0.25) is 0 Å². The normalized spacial score (nSPS) is 11.2. The predicted molar refractivity (Wildman–Crippen MR) is 66.5 cm³/mol. The van der Waals surface area contributed by atoms with Crippen LogP contribution in [0.25, 0.3) is 0 Å². The van der Waals surface area contributed by atoms with E-state index in [-0.39, 0.29) is 12.0 Å². The molecular formula is C11H15BrN2O2. The summed E-state index contributed by atoms with van der Waals surface area (Å²) in [4.78, 5) is 14.7. The molecule has 2 N–H and O–H groups in total. The van der Waals surface area contributed by atoms with Crippen LogP contribution in [0.1, 0.15) is 26.7 Å². The first-order valence-corrected chi connectivity index (χ1v) is 5.80. The monoisotopic (exact) mass is 286 g/mol. The number of aliphatic carboxylic acids is 1. The summed E-state index contributed by atoms with van der Waals surface area (Å²) in [6.07, 6.45) is 2.39. The molecule has 0 unspecified atom stereocenters. The van der Waals surface area contributed by atoms with Gasteiger partial charge in [0.15, 0.2) is 0 Å². The first-order chi connectivity index (χ1) is 7.41. The third-order valence-corrected chi connectivity index (χ3v) is 2.82. The molecule has 1 rings (SSSR count). The fourth-order valence-corrected chi connectivity index (χ4v) is 1.63. The largest absolute Gasteiger partial charge is 0.481 e. The van der Waals surface area contributed by atoms with E-state index < -0.39 is 5.97 Å². The van der Waals surface area contributed by atoms with E-state index in [9.17, 15) is 4.79 Å². The Balaban J connectivity index is 2.65. The summed E-state index contributed by atoms with van der Waals surface area (Å²) in [5.41, 5.74) is -0.296. The van der Waals surface area contributed by atoms with Crippen LogP contribution < -0.4 is 5.32 Å². The molecule has 0 fully saturated rings. The van der Waals surface area contributed by atoms with Gasteiger partial charge in [-0.15, -0.1) is 0 Å². The maximum absolute atomic E-state index is 10.5. The minimum atomic E-state index is -0.782. The summed E-state index contributed by atoms with van der Waals surface area (Å²) >= 11 is 3.39. The molecular weight excluding hydrogens is 272 g/mol. The molecule has 1 heterocycles. The summed E-state index contributed by atoms with van der Waals surface area (Å²) in [6, 6.07) is 3.72. The lowest BCUT2D eigenvalue weighted by Crippen LogP contribution is -2.32. The minimum Gasteiger partial charge on any atom is -0.481 e. The van der Waals surface area contributed by atoms with Gasteiger partial charge < -0.3 is 10.4 Å². The van der Waals surface area contributed by atoms with Crippen molar-refractivity contribution in [3.05, 3.63) is 22.8 Å². The van der Waals surface area contributed by atoms with Gasteiger partial charge in [0.2, 0.25) is 0 Å². The Morgan fingerprint density at radius 1 is 1.62 bits per heavy atom. The molecule has 1 aromatic heterocycles. The summed E-state index contributed by atoms with van der Waals surface area (Å²) in [6.45, 7) is 3.91. The van der Waals surface area contributed by atoms with Gasteiger partial charge >= 0.3 is 5.97 Å². The van der Waals surface area contributed by atoms with Crippen molar-refractivity contribution in [2.24, 2.45) is 0 Å². The minimum absolute atomic E-state index is 0.143. The zero-order valence-corrected chi connectivity index (χ0v) is 10.9. The molecule has 0 saturated carbocycles. The van der Waals surface area contributed by atoms with E-state index in [0.29, 0.717) is 6.42 Å². The zero-order chi connectivity index (χ0) is 12.2. The summed E-state index contributed by atoms with van der Waals surface area (Å²) in [5, 5.41) is 11.9. The SMILES string of the molecule is CC(C)(CCC(=O)O)Nc1ncccc1Br. The topological polar surface area (TPSA) is 62.2 Å². The van der Waals surface area contributed by atoms with E-state index in [1.54, 1.807) is 6.20 Å². The molecule has 0 atom stereocenters. The van der Waals surface area contributed by atoms with E-state index >= 15 is 0 Å². The zero-order valence-electron chi connectivity index (χ0n) is 9.33. The second kappa shape index (κ2) is 5.30. The first kappa shape index (κ1) is 13.0. The fourth-order valence-electron chi connectivity index (χ4n) is 1.28. The molecule has 0 aliphatic carbocycles. The van der Waals surface area contributed by atoms with Crippen LogP contribution in [-0.4, -0.2) is 21.6 Å². The van der Waals surface area contributed by atoms with Gasteiger partial charge in [0.25, 0.3) is 0 Å². The third kappa shape index (κ3) is 4.18. The Hall–Kier alpha value is -1.10. The van der Waals surface area contributed by atoms with E-state index in [2.05, 4.69) is 26.2 Å². The summed E-state index contributed by atoms with van der Waals surface area (Å²) < 4.78 is 0.874. The molecule has 0 bridgehead atoms. The van der Waals surface area contributed by atoms with Crippen molar-refractivity contribution in [1.82, 2.24) is 4.98 Å². The van der Waals surface area contributed by atoms with Crippen molar-refractivity contribution in [1.29, 1.82) is 0 Å². The van der Waals surface area contributed by atoms with Crippen molar-refractivity contribution >= 4 is 27.7 Å². The Morgan fingerprint density at radius 2 is 2.31 bits per heavy atom. The molecule has 0 spiro atoms. The van der Waals surface area contributed by atoms with Crippen LogP contribution in [0.15, 0.2) is 22.8 Å². The molecule has 0 aliphatic rings. The Bertz CT molecular complexity index is 380. The summed E-state index contributed by atoms with van der Waals surface area (Å²) in [5.74, 6) is -0.0483. The maximum Gasteiger partial charge on any atom is 0.303 e. The molecule has 0 radical (unpaired) electrons. The van der Waals surface area contributed by atoms with Crippen LogP contribution in [0.3, 0.4) is 0 Å². The van der Waals surface area contributed by atoms with E-state index in [1.807, 2.05) is 26.0 Å². The van der Waals surface area contributed by atoms with Gasteiger partial charge in [0.1, 0.15) is 5.82 Å². The van der Waals surface area contributed by atoms with Gasteiger partial charge in [0.05, 0.1) is 4.47 Å². The highest BCUT2D eigenvalue weighted by molar-refractivity contribution is 9.10. The number of aromatic nitrogens is 1. The number of carboxylic acid groups (broad SMARTS) is 1. The molecule has 0 saturated heterocycles. The van der Waals surface area contributed by atoms with Crippen molar-refractivity contribution in [3.63, 3.8) is 0 Å². The number of anilines is 1. The number of hydrogen-bond acceptors (Lipinski definition) is 3. The number of nitrogens with zero attached hydrogens (tertiary/aromatic N) is 1. The fraction of sp³-hybridized carbons (Fsp3) is 0.455. The molecule has 0 aromatic carbocycles. The third-order valence-electron chi connectivity index (χ3n) is 2.18. The predicted octanol–water partition coefficient (Wildman–Crippen LogP) is 2.90. The number of pyridine rings is 1. The van der Waals surface area contributed by atoms with Gasteiger partial charge in [0, 0.05) is 18.2 Å². The average molecular weight is 287 g/mol. The molecule has 5 heteroatoms. The molecule has 16 heavy (non-hydrogen) atoms. The van der Waals surface area contributed by atoms with Crippen LogP contribution in [0, 0.1) is 0 Å². The highest BCUT2D eigenvalue weighted by Gasteiger charge is 2.20. The Kier molecular flexibility index (Phi) is 4.29. The Labute approximate surface area is 103 Å². The number of rotatable bonds is 5. The number of carboxylic acids is 1. The standard InChI is InChI=1S/C11H15BrN2O2/c1-11(2,6-5-9(15)16)14-10-8(12)4-3-7-13-10/h3-4,7H,5-6H2,1-2H3,(H,13,14)(H,15,16). The van der Waals surface area contributed by atoms with Gasteiger partial charge in [-0.2, -0.15) is 0 Å². The lowest BCUT2D eigenvalue weighted by Gasteiger charge is -2.26. The van der Waals surface area contributed by atoms with Crippen molar-refractivity contribution in [2.75, 3.05) is 5.32 Å². The van der Waals surface area contributed by atoms with Gasteiger partial charge in [-0.05, 0) is 48.3 Å². The van der Waals surface area contributed by atoms with Gasteiger partial charge in [-0.1, -0.05) is 0 Å². The van der Waals surface area contributed by atoms with Crippen molar-refractivity contribution < 1.29 is 9.90 Å². The highest BCUT2D eigenvalue weighted by atomic mass is 79.9. The number of hydrogen-bond donors (Lipinski definition) is 2. The van der Waals surface area contributed by atoms with Crippen LogP contribution >= 0.6 is 15.9 Å². The smallest absolute Gasteiger partial charge is 0.303 e. The number of carbonyl (C=O) groups is 1. The molecule has 4 nitrogen and oxygen atoms in total. The van der Waals surface area contributed by atoms with Crippen molar-refractivity contribution in [2.45, 2.75) is 32.2 Å². The second-order valence-corrected chi connectivity index (χ2v) is 5.09. The van der Waals surface area contributed by atoms with Crippen LogP contribution in [-0.2, 0) is 4.79 Å². The molecule has 0 amide bonds. The average Bonchev–Trinajstić information content (AvgIpc) is 2.19. The van der Waals surface area contributed by atoms with Crippen LogP contribution in [0.4, 0.5) is 5.82 Å². The quantitative estimate of drug-likeness (QED) is 0.874. The number of halogens is 1. The van der Waals surface area contributed by atoms with Crippen molar-refractivity contribution in [3.8, 4) is 0 Å². The maximum atomic E-state index is 10.5. The van der Waals surface area contributed by atoms with E-state index in [4.69, 9.17) is 5.11 Å². The lowest BCUT2D eigenvalue weighted by molar-refractivity contribution is -0.137. The van der Waals surface area contributed by atoms with E-state index in [1.165, 1.54) is 0 Å².